The van der Waals surface area contributed by atoms with Crippen LogP contribution in [0.5, 0.6) is 0 Å². The highest BCUT2D eigenvalue weighted by molar-refractivity contribution is 6.10. The third-order valence-electron chi connectivity index (χ3n) is 4.59. The quantitative estimate of drug-likeness (QED) is 0.679. The average Bonchev–Trinajstić information content (AvgIpc) is 2.74. The molecule has 1 aliphatic heterocycles. The van der Waals surface area contributed by atoms with Gasteiger partial charge in [0.05, 0.1) is 6.04 Å². The Bertz CT molecular complexity index is 994. The summed E-state index contributed by atoms with van der Waals surface area (Å²) >= 11 is 0. The van der Waals surface area contributed by atoms with Crippen molar-refractivity contribution in [1.29, 1.82) is 0 Å². The highest BCUT2D eigenvalue weighted by atomic mass is 16.2. The Morgan fingerprint density at radius 2 is 1.33 bits per heavy atom. The maximum Gasteiger partial charge on any atom is 0.319 e. The van der Waals surface area contributed by atoms with Gasteiger partial charge in [-0.15, -0.1) is 0 Å². The minimum atomic E-state index is -0.471. The van der Waals surface area contributed by atoms with Crippen molar-refractivity contribution in [3.05, 3.63) is 108 Å². The fraction of sp³-hybridized carbons (Fsp3) is 0.0435. The molecule has 0 fully saturated rings. The van der Waals surface area contributed by atoms with Gasteiger partial charge in [-0.1, -0.05) is 84.9 Å². The number of hydrogen-bond donors (Lipinski definition) is 2. The molecule has 2 amide bonds. The van der Waals surface area contributed by atoms with Crippen LogP contribution < -0.4 is 10.6 Å². The van der Waals surface area contributed by atoms with Crippen molar-refractivity contribution in [2.75, 3.05) is 0 Å². The molecule has 4 nitrogen and oxygen atoms in total. The van der Waals surface area contributed by atoms with Gasteiger partial charge in [0.25, 0.3) is 0 Å². The molecule has 1 heterocycles. The van der Waals surface area contributed by atoms with Crippen molar-refractivity contribution >= 4 is 11.8 Å². The minimum Gasteiger partial charge on any atom is -0.327 e. The number of urea groups is 1. The summed E-state index contributed by atoms with van der Waals surface area (Å²) in [6, 6.07) is 26.2. The molecule has 1 atom stereocenters. The second-order valence-corrected chi connectivity index (χ2v) is 6.33. The van der Waals surface area contributed by atoms with Crippen molar-refractivity contribution < 1.29 is 9.59 Å². The number of hydrogen-bond acceptors (Lipinski definition) is 2. The van der Waals surface area contributed by atoms with Crippen LogP contribution in [0.15, 0.2) is 96.7 Å². The molecule has 3 aromatic rings. The van der Waals surface area contributed by atoms with Crippen molar-refractivity contribution in [3.63, 3.8) is 0 Å². The first-order chi connectivity index (χ1) is 13.2. The number of carbonyl (C=O) groups is 2. The van der Waals surface area contributed by atoms with Crippen LogP contribution in [0.25, 0.3) is 11.1 Å². The summed E-state index contributed by atoms with van der Waals surface area (Å²) < 4.78 is 0. The first-order valence-electron chi connectivity index (χ1n) is 8.74. The van der Waals surface area contributed by atoms with Crippen LogP contribution in [-0.2, 0) is 0 Å². The molecule has 0 aliphatic carbocycles. The van der Waals surface area contributed by atoms with Crippen LogP contribution in [-0.4, -0.2) is 11.8 Å². The van der Waals surface area contributed by atoms with Gasteiger partial charge in [-0.3, -0.25) is 4.79 Å². The summed E-state index contributed by atoms with van der Waals surface area (Å²) in [5.41, 5.74) is 4.11. The van der Waals surface area contributed by atoms with E-state index < -0.39 is 6.04 Å². The van der Waals surface area contributed by atoms with E-state index in [-0.39, 0.29) is 11.8 Å². The summed E-state index contributed by atoms with van der Waals surface area (Å²) in [7, 11) is 0. The fourth-order valence-corrected chi connectivity index (χ4v) is 3.19. The molecule has 0 saturated heterocycles. The number of benzene rings is 3. The molecule has 1 unspecified atom stereocenters. The Kier molecular flexibility index (Phi) is 4.54. The van der Waals surface area contributed by atoms with Crippen molar-refractivity contribution in [3.8, 4) is 11.1 Å². The van der Waals surface area contributed by atoms with E-state index in [0.29, 0.717) is 11.1 Å². The maximum atomic E-state index is 13.1. The summed E-state index contributed by atoms with van der Waals surface area (Å²) in [4.78, 5) is 24.9. The lowest BCUT2D eigenvalue weighted by atomic mass is 9.91. The van der Waals surface area contributed by atoms with Gasteiger partial charge in [-0.25, -0.2) is 4.79 Å². The molecule has 3 aromatic carbocycles. The molecular formula is C23H18N2O2. The van der Waals surface area contributed by atoms with Gasteiger partial charge in [0.1, 0.15) is 0 Å². The maximum absolute atomic E-state index is 13.1. The van der Waals surface area contributed by atoms with Crippen LogP contribution in [0.4, 0.5) is 4.79 Å². The smallest absolute Gasteiger partial charge is 0.319 e. The number of carbonyl (C=O) groups excluding carboxylic acids is 2. The molecule has 27 heavy (non-hydrogen) atoms. The summed E-state index contributed by atoms with van der Waals surface area (Å²) in [5, 5.41) is 5.42. The molecule has 4 heteroatoms. The number of amides is 2. The number of Topliss-reactive ketones (excluding diaryl/α,β-unsaturated/α-hetero) is 1. The van der Waals surface area contributed by atoms with Gasteiger partial charge in [-0.2, -0.15) is 0 Å². The van der Waals surface area contributed by atoms with Gasteiger partial charge in [0.15, 0.2) is 5.78 Å². The van der Waals surface area contributed by atoms with E-state index in [4.69, 9.17) is 0 Å². The highest BCUT2D eigenvalue weighted by Gasteiger charge is 2.28. The third kappa shape index (κ3) is 3.51. The topological polar surface area (TPSA) is 58.2 Å². The average molecular weight is 354 g/mol. The van der Waals surface area contributed by atoms with Crippen molar-refractivity contribution in [2.45, 2.75) is 6.04 Å². The lowest BCUT2D eigenvalue weighted by molar-refractivity contribution is 0.102. The zero-order chi connectivity index (χ0) is 18.6. The van der Waals surface area contributed by atoms with Crippen molar-refractivity contribution in [2.24, 2.45) is 0 Å². The van der Waals surface area contributed by atoms with Gasteiger partial charge >= 0.3 is 6.03 Å². The largest absolute Gasteiger partial charge is 0.327 e. The molecular weight excluding hydrogens is 336 g/mol. The van der Waals surface area contributed by atoms with Crippen LogP contribution in [0.1, 0.15) is 22.0 Å². The SMILES string of the molecule is O=C1NC=C(C(=O)c2ccc(-c3ccccc3)cc2)C(c2ccccc2)N1. The predicted octanol–water partition coefficient (Wildman–Crippen LogP) is 4.47. The van der Waals surface area contributed by atoms with Gasteiger partial charge in [0, 0.05) is 17.3 Å². The van der Waals surface area contributed by atoms with Crippen LogP contribution in [0.2, 0.25) is 0 Å². The van der Waals surface area contributed by atoms with E-state index in [1.807, 2.05) is 84.9 Å². The first kappa shape index (κ1) is 16.8. The molecule has 4 rings (SSSR count). The van der Waals surface area contributed by atoms with Gasteiger partial charge < -0.3 is 10.6 Å². The molecule has 0 spiro atoms. The summed E-state index contributed by atoms with van der Waals surface area (Å²) in [5.74, 6) is -0.115. The number of ketones is 1. The second-order valence-electron chi connectivity index (χ2n) is 6.33. The minimum absolute atomic E-state index is 0.115. The Hall–Kier alpha value is -3.66. The summed E-state index contributed by atoms with van der Waals surface area (Å²) in [6.45, 7) is 0. The van der Waals surface area contributed by atoms with Crippen LogP contribution in [0, 0.1) is 0 Å². The number of rotatable bonds is 4. The molecule has 1 aliphatic rings. The lowest BCUT2D eigenvalue weighted by Gasteiger charge is -2.25. The molecule has 2 N–H and O–H groups in total. The summed E-state index contributed by atoms with van der Waals surface area (Å²) in [6.07, 6.45) is 1.50. The molecule has 132 valence electrons. The van der Waals surface area contributed by atoms with E-state index in [1.165, 1.54) is 6.20 Å². The Labute approximate surface area is 157 Å². The zero-order valence-electron chi connectivity index (χ0n) is 14.6. The van der Waals surface area contributed by atoms with Crippen LogP contribution in [0.3, 0.4) is 0 Å². The normalized spacial score (nSPS) is 16.1. The lowest BCUT2D eigenvalue weighted by Crippen LogP contribution is -2.42. The number of nitrogens with one attached hydrogen (secondary N) is 2. The molecule has 0 radical (unpaired) electrons. The van der Waals surface area contributed by atoms with E-state index in [0.717, 1.165) is 16.7 Å². The predicted molar refractivity (Wildman–Crippen MR) is 105 cm³/mol. The van der Waals surface area contributed by atoms with E-state index in [9.17, 15) is 9.59 Å². The van der Waals surface area contributed by atoms with E-state index >= 15 is 0 Å². The molecule has 0 aromatic heterocycles. The molecule has 0 saturated carbocycles. The third-order valence-corrected chi connectivity index (χ3v) is 4.59. The zero-order valence-corrected chi connectivity index (χ0v) is 14.6. The highest BCUT2D eigenvalue weighted by Crippen LogP contribution is 2.27. The second kappa shape index (κ2) is 7.30. The Balaban J connectivity index is 1.63. The van der Waals surface area contributed by atoms with Crippen molar-refractivity contribution in [1.82, 2.24) is 10.6 Å². The standard InChI is InChI=1S/C23H18N2O2/c26-22(19-13-11-17(12-14-19)16-7-3-1-4-8-16)20-15-24-23(27)25-21(20)18-9-5-2-6-10-18/h1-15,21H,(H2,24,25,27). The first-order valence-corrected chi connectivity index (χ1v) is 8.74. The Morgan fingerprint density at radius 3 is 2.00 bits per heavy atom. The van der Waals surface area contributed by atoms with Gasteiger partial charge in [0.2, 0.25) is 0 Å². The monoisotopic (exact) mass is 354 g/mol. The molecule has 0 bridgehead atoms. The Morgan fingerprint density at radius 1 is 0.741 bits per heavy atom. The fourth-order valence-electron chi connectivity index (χ4n) is 3.19. The van der Waals surface area contributed by atoms with Crippen LogP contribution >= 0.6 is 0 Å². The van der Waals surface area contributed by atoms with E-state index in [1.54, 1.807) is 0 Å². The van der Waals surface area contributed by atoms with Gasteiger partial charge in [-0.05, 0) is 16.7 Å². The van der Waals surface area contributed by atoms with E-state index in [2.05, 4.69) is 10.6 Å².